The Kier molecular flexibility index (Phi) is 2.86. The fourth-order valence-electron chi connectivity index (χ4n) is 1.84. The van der Waals surface area contributed by atoms with E-state index in [4.69, 9.17) is 0 Å². The van der Waals surface area contributed by atoms with E-state index < -0.39 is 0 Å². The van der Waals surface area contributed by atoms with Gasteiger partial charge in [-0.05, 0) is 17.5 Å². The average Bonchev–Trinajstić information content (AvgIpc) is 2.26. The maximum atomic E-state index is 3.44. The summed E-state index contributed by atoms with van der Waals surface area (Å²) in [6.45, 7) is 3.13. The molecule has 0 aromatic heterocycles. The summed E-state index contributed by atoms with van der Waals surface area (Å²) in [4.78, 5) is 0. The van der Waals surface area contributed by atoms with Crippen molar-refractivity contribution in [3.05, 3.63) is 35.4 Å². The molecule has 0 unspecified atom stereocenters. The first-order valence-corrected chi connectivity index (χ1v) is 5.21. The van der Waals surface area contributed by atoms with Gasteiger partial charge in [0, 0.05) is 13.0 Å². The molecule has 1 atom stereocenters. The second-order valence-corrected chi connectivity index (χ2v) is 3.51. The van der Waals surface area contributed by atoms with Gasteiger partial charge in [-0.3, -0.25) is 5.32 Å². The number of nitrogens with one attached hydrogen (secondary N) is 1. The van der Waals surface area contributed by atoms with Crippen molar-refractivity contribution in [2.24, 2.45) is 0 Å². The fourth-order valence-corrected chi connectivity index (χ4v) is 1.84. The lowest BCUT2D eigenvalue weighted by Gasteiger charge is -2.22. The normalized spacial score (nSPS) is 19.4. The molecule has 1 heteroatoms. The molecule has 1 aliphatic heterocycles. The monoisotopic (exact) mass is 185 g/mol. The van der Waals surface area contributed by atoms with Gasteiger partial charge in [0.15, 0.2) is 0 Å². The van der Waals surface area contributed by atoms with Crippen molar-refractivity contribution in [1.29, 1.82) is 0 Å². The molecule has 72 valence electrons. The van der Waals surface area contributed by atoms with Crippen LogP contribution in [0.4, 0.5) is 0 Å². The SMILES string of the molecule is CCC#C[C@H]1NCCc2ccccc21. The maximum absolute atomic E-state index is 3.44. The van der Waals surface area contributed by atoms with Crippen LogP contribution in [0.15, 0.2) is 24.3 Å². The van der Waals surface area contributed by atoms with Gasteiger partial charge in [-0.1, -0.05) is 37.1 Å². The third kappa shape index (κ3) is 1.81. The van der Waals surface area contributed by atoms with E-state index >= 15 is 0 Å². The smallest absolute Gasteiger partial charge is 0.0948 e. The van der Waals surface area contributed by atoms with E-state index in [1.807, 2.05) is 0 Å². The minimum Gasteiger partial charge on any atom is -0.300 e. The Hall–Kier alpha value is -1.26. The minimum atomic E-state index is 0.250. The van der Waals surface area contributed by atoms with Gasteiger partial charge in [0.25, 0.3) is 0 Å². The summed E-state index contributed by atoms with van der Waals surface area (Å²) < 4.78 is 0. The number of hydrogen-bond donors (Lipinski definition) is 1. The molecule has 1 N–H and O–H groups in total. The maximum Gasteiger partial charge on any atom is 0.0948 e. The topological polar surface area (TPSA) is 12.0 Å². The molecule has 1 heterocycles. The quantitative estimate of drug-likeness (QED) is 0.611. The van der Waals surface area contributed by atoms with Crippen molar-refractivity contribution in [3.8, 4) is 11.8 Å². The zero-order chi connectivity index (χ0) is 9.80. The molecule has 0 fully saturated rings. The molecular weight excluding hydrogens is 170 g/mol. The van der Waals surface area contributed by atoms with Gasteiger partial charge >= 0.3 is 0 Å². The Bertz CT molecular complexity index is 370. The van der Waals surface area contributed by atoms with Gasteiger partial charge in [-0.15, -0.1) is 5.92 Å². The van der Waals surface area contributed by atoms with Gasteiger partial charge in [-0.25, -0.2) is 0 Å². The summed E-state index contributed by atoms with van der Waals surface area (Å²) in [5.74, 6) is 6.41. The van der Waals surface area contributed by atoms with Gasteiger partial charge < -0.3 is 0 Å². The summed E-state index contributed by atoms with van der Waals surface area (Å²) >= 11 is 0. The van der Waals surface area contributed by atoms with Crippen LogP contribution < -0.4 is 5.32 Å². The Labute approximate surface area is 85.5 Å². The fraction of sp³-hybridized carbons (Fsp3) is 0.385. The highest BCUT2D eigenvalue weighted by Gasteiger charge is 2.16. The Balaban J connectivity index is 2.31. The average molecular weight is 185 g/mol. The molecule has 0 radical (unpaired) electrons. The number of hydrogen-bond acceptors (Lipinski definition) is 1. The van der Waals surface area contributed by atoms with Gasteiger partial charge in [0.1, 0.15) is 0 Å². The highest BCUT2D eigenvalue weighted by atomic mass is 14.9. The van der Waals surface area contributed by atoms with Gasteiger partial charge in [0.2, 0.25) is 0 Å². The van der Waals surface area contributed by atoms with Crippen molar-refractivity contribution in [2.45, 2.75) is 25.8 Å². The predicted octanol–water partition coefficient (Wildman–Crippen LogP) is 2.29. The predicted molar refractivity (Wildman–Crippen MR) is 59.0 cm³/mol. The molecule has 1 aromatic rings. The van der Waals surface area contributed by atoms with Crippen LogP contribution in [0.5, 0.6) is 0 Å². The lowest BCUT2D eigenvalue weighted by molar-refractivity contribution is 0.594. The Morgan fingerprint density at radius 3 is 3.14 bits per heavy atom. The molecule has 0 saturated heterocycles. The van der Waals surface area contributed by atoms with Crippen molar-refractivity contribution >= 4 is 0 Å². The molecule has 0 saturated carbocycles. The molecule has 0 bridgehead atoms. The van der Waals surface area contributed by atoms with Crippen LogP contribution in [-0.4, -0.2) is 6.54 Å². The molecule has 0 amide bonds. The largest absolute Gasteiger partial charge is 0.300 e. The Morgan fingerprint density at radius 2 is 2.29 bits per heavy atom. The molecule has 1 aliphatic rings. The minimum absolute atomic E-state index is 0.250. The van der Waals surface area contributed by atoms with E-state index in [1.165, 1.54) is 11.1 Å². The standard InChI is InChI=1S/C13H15N/c1-2-3-8-13-12-7-5-4-6-11(12)9-10-14-13/h4-7,13-14H,2,9-10H2,1H3/t13-/m1/s1. The van der Waals surface area contributed by atoms with Crippen molar-refractivity contribution in [1.82, 2.24) is 5.32 Å². The summed E-state index contributed by atoms with van der Waals surface area (Å²) in [7, 11) is 0. The molecular formula is C13H15N. The van der Waals surface area contributed by atoms with Gasteiger partial charge in [0.05, 0.1) is 6.04 Å². The Morgan fingerprint density at radius 1 is 1.43 bits per heavy atom. The van der Waals surface area contributed by atoms with E-state index in [0.717, 1.165) is 19.4 Å². The van der Waals surface area contributed by atoms with Crippen LogP contribution in [0.1, 0.15) is 30.5 Å². The second kappa shape index (κ2) is 4.30. The third-order valence-corrected chi connectivity index (χ3v) is 2.53. The van der Waals surface area contributed by atoms with Crippen LogP contribution in [0.25, 0.3) is 0 Å². The lowest BCUT2D eigenvalue weighted by atomic mass is 9.95. The second-order valence-electron chi connectivity index (χ2n) is 3.51. The zero-order valence-corrected chi connectivity index (χ0v) is 8.51. The highest BCUT2D eigenvalue weighted by Crippen LogP contribution is 2.21. The molecule has 0 aliphatic carbocycles. The number of benzene rings is 1. The van der Waals surface area contributed by atoms with Crippen molar-refractivity contribution in [2.75, 3.05) is 6.54 Å². The molecule has 2 rings (SSSR count). The van der Waals surface area contributed by atoms with Crippen LogP contribution in [-0.2, 0) is 6.42 Å². The van der Waals surface area contributed by atoms with Crippen LogP contribution in [0, 0.1) is 11.8 Å². The summed E-state index contributed by atoms with van der Waals surface area (Å²) in [5, 5.41) is 3.44. The molecule has 0 spiro atoms. The first kappa shape index (κ1) is 9.30. The van der Waals surface area contributed by atoms with E-state index in [2.05, 4.69) is 48.3 Å². The molecule has 1 nitrogen and oxygen atoms in total. The number of fused-ring (bicyclic) bond motifs is 1. The van der Waals surface area contributed by atoms with Crippen LogP contribution in [0.2, 0.25) is 0 Å². The highest BCUT2D eigenvalue weighted by molar-refractivity contribution is 5.37. The third-order valence-electron chi connectivity index (χ3n) is 2.53. The summed E-state index contributed by atoms with van der Waals surface area (Å²) in [5.41, 5.74) is 2.81. The molecule has 1 aromatic carbocycles. The molecule has 14 heavy (non-hydrogen) atoms. The van der Waals surface area contributed by atoms with Crippen LogP contribution in [0.3, 0.4) is 0 Å². The van der Waals surface area contributed by atoms with Crippen LogP contribution >= 0.6 is 0 Å². The zero-order valence-electron chi connectivity index (χ0n) is 8.51. The van der Waals surface area contributed by atoms with Crippen molar-refractivity contribution < 1.29 is 0 Å². The van der Waals surface area contributed by atoms with Crippen molar-refractivity contribution in [3.63, 3.8) is 0 Å². The lowest BCUT2D eigenvalue weighted by Crippen LogP contribution is -2.28. The van der Waals surface area contributed by atoms with E-state index in [1.54, 1.807) is 0 Å². The van der Waals surface area contributed by atoms with Gasteiger partial charge in [-0.2, -0.15) is 0 Å². The first-order valence-electron chi connectivity index (χ1n) is 5.21. The van der Waals surface area contributed by atoms with E-state index in [0.29, 0.717) is 0 Å². The first-order chi connectivity index (χ1) is 6.92. The summed E-state index contributed by atoms with van der Waals surface area (Å²) in [6, 6.07) is 8.83. The summed E-state index contributed by atoms with van der Waals surface area (Å²) in [6.07, 6.45) is 2.06. The number of rotatable bonds is 0. The van der Waals surface area contributed by atoms with E-state index in [-0.39, 0.29) is 6.04 Å². The van der Waals surface area contributed by atoms with E-state index in [9.17, 15) is 0 Å².